The van der Waals surface area contributed by atoms with Crippen molar-refractivity contribution in [3.05, 3.63) is 47.9 Å². The monoisotopic (exact) mass is 205 g/mol. The van der Waals surface area contributed by atoms with Crippen LogP contribution >= 0.6 is 0 Å². The summed E-state index contributed by atoms with van der Waals surface area (Å²) in [5, 5.41) is 9.04. The first kappa shape index (κ1) is 10.1. The zero-order valence-corrected chi connectivity index (χ0v) is 8.23. The van der Waals surface area contributed by atoms with Gasteiger partial charge in [0.05, 0.1) is 5.41 Å². The second kappa shape index (κ2) is 3.95. The summed E-state index contributed by atoms with van der Waals surface area (Å²) < 4.78 is 12.8. The smallest absolute Gasteiger partial charge is 0.123 e. The van der Waals surface area contributed by atoms with E-state index in [4.69, 9.17) is 5.11 Å². The fourth-order valence-corrected chi connectivity index (χ4v) is 1.80. The summed E-state index contributed by atoms with van der Waals surface area (Å²) in [5.41, 5.74) is 0.595. The molecule has 1 heterocycles. The molecule has 1 aromatic rings. The molecule has 0 amide bonds. The molecule has 0 saturated heterocycles. The van der Waals surface area contributed by atoms with Crippen LogP contribution in [0.3, 0.4) is 0 Å². The SMILES string of the molecule is OCCC1(c2ccc(F)cc2)C=CN=C1. The van der Waals surface area contributed by atoms with E-state index in [-0.39, 0.29) is 17.8 Å². The average molecular weight is 205 g/mol. The van der Waals surface area contributed by atoms with Crippen LogP contribution in [0.1, 0.15) is 12.0 Å². The lowest BCUT2D eigenvalue weighted by Gasteiger charge is -2.23. The van der Waals surface area contributed by atoms with Gasteiger partial charge in [0.2, 0.25) is 0 Å². The number of hydrogen-bond donors (Lipinski definition) is 1. The van der Waals surface area contributed by atoms with Crippen LogP contribution in [0, 0.1) is 5.82 Å². The normalized spacial score (nSPS) is 23.6. The molecule has 2 rings (SSSR count). The fourth-order valence-electron chi connectivity index (χ4n) is 1.80. The highest BCUT2D eigenvalue weighted by Gasteiger charge is 2.28. The molecule has 0 bridgehead atoms. The highest BCUT2D eigenvalue weighted by molar-refractivity contribution is 5.79. The minimum atomic E-state index is -0.359. The van der Waals surface area contributed by atoms with Crippen molar-refractivity contribution in [1.82, 2.24) is 0 Å². The predicted octanol–water partition coefficient (Wildman–Crippen LogP) is 2.04. The Morgan fingerprint density at radius 2 is 2.00 bits per heavy atom. The Hall–Kier alpha value is -1.48. The van der Waals surface area contributed by atoms with Crippen molar-refractivity contribution in [3.8, 4) is 0 Å². The van der Waals surface area contributed by atoms with Gasteiger partial charge in [-0.2, -0.15) is 0 Å². The highest BCUT2D eigenvalue weighted by Crippen LogP contribution is 2.30. The second-order valence-electron chi connectivity index (χ2n) is 3.61. The quantitative estimate of drug-likeness (QED) is 0.804. The van der Waals surface area contributed by atoms with Crippen molar-refractivity contribution < 1.29 is 9.50 Å². The lowest BCUT2D eigenvalue weighted by atomic mass is 9.80. The van der Waals surface area contributed by atoms with E-state index < -0.39 is 0 Å². The molecule has 1 N–H and O–H groups in total. The number of allylic oxidation sites excluding steroid dienone is 1. The lowest BCUT2D eigenvalue weighted by molar-refractivity contribution is 0.275. The summed E-state index contributed by atoms with van der Waals surface area (Å²) in [6.07, 6.45) is 5.99. The Kier molecular flexibility index (Phi) is 2.64. The van der Waals surface area contributed by atoms with Gasteiger partial charge in [-0.1, -0.05) is 18.2 Å². The molecule has 0 aromatic heterocycles. The summed E-state index contributed by atoms with van der Waals surface area (Å²) in [4.78, 5) is 4.04. The standard InChI is InChI=1S/C12H12FNO/c13-11-3-1-10(2-4-11)12(6-8-15)5-7-14-9-12/h1-5,7,9,15H,6,8H2. The molecule has 78 valence electrons. The molecular weight excluding hydrogens is 193 g/mol. The van der Waals surface area contributed by atoms with E-state index in [0.29, 0.717) is 6.42 Å². The molecule has 2 nitrogen and oxygen atoms in total. The topological polar surface area (TPSA) is 32.6 Å². The third-order valence-electron chi connectivity index (χ3n) is 2.67. The largest absolute Gasteiger partial charge is 0.396 e. The maximum absolute atomic E-state index is 12.8. The van der Waals surface area contributed by atoms with Crippen LogP contribution in [-0.4, -0.2) is 17.9 Å². The molecule has 0 spiro atoms. The van der Waals surface area contributed by atoms with Gasteiger partial charge in [-0.3, -0.25) is 4.99 Å². The van der Waals surface area contributed by atoms with Crippen LogP contribution in [0.15, 0.2) is 41.5 Å². The van der Waals surface area contributed by atoms with Crippen molar-refractivity contribution in [2.75, 3.05) is 6.61 Å². The number of rotatable bonds is 3. The zero-order valence-electron chi connectivity index (χ0n) is 8.23. The molecule has 1 aromatic carbocycles. The number of aliphatic hydroxyl groups excluding tert-OH is 1. The van der Waals surface area contributed by atoms with Crippen LogP contribution in [-0.2, 0) is 5.41 Å². The van der Waals surface area contributed by atoms with E-state index in [9.17, 15) is 4.39 Å². The predicted molar refractivity (Wildman–Crippen MR) is 57.4 cm³/mol. The lowest BCUT2D eigenvalue weighted by Crippen LogP contribution is -2.25. The van der Waals surface area contributed by atoms with Crippen LogP contribution in [0.25, 0.3) is 0 Å². The van der Waals surface area contributed by atoms with Gasteiger partial charge in [0.15, 0.2) is 0 Å². The third-order valence-corrected chi connectivity index (χ3v) is 2.67. The Balaban J connectivity index is 2.37. The van der Waals surface area contributed by atoms with E-state index in [1.165, 1.54) is 12.1 Å². The maximum Gasteiger partial charge on any atom is 0.123 e. The Labute approximate surface area is 87.8 Å². The molecule has 0 fully saturated rings. The summed E-state index contributed by atoms with van der Waals surface area (Å²) in [7, 11) is 0. The number of benzene rings is 1. The van der Waals surface area contributed by atoms with Crippen molar-refractivity contribution in [2.24, 2.45) is 4.99 Å². The van der Waals surface area contributed by atoms with Gasteiger partial charge >= 0.3 is 0 Å². The van der Waals surface area contributed by atoms with Crippen LogP contribution in [0.4, 0.5) is 4.39 Å². The molecule has 0 aliphatic carbocycles. The number of halogens is 1. The van der Waals surface area contributed by atoms with Gasteiger partial charge in [-0.15, -0.1) is 0 Å². The van der Waals surface area contributed by atoms with Gasteiger partial charge in [0.1, 0.15) is 5.82 Å². The molecule has 1 aliphatic heterocycles. The van der Waals surface area contributed by atoms with E-state index in [1.54, 1.807) is 24.5 Å². The minimum absolute atomic E-state index is 0.0771. The highest BCUT2D eigenvalue weighted by atomic mass is 19.1. The fraction of sp³-hybridized carbons (Fsp3) is 0.250. The van der Waals surface area contributed by atoms with E-state index >= 15 is 0 Å². The van der Waals surface area contributed by atoms with Crippen molar-refractivity contribution in [1.29, 1.82) is 0 Å². The van der Waals surface area contributed by atoms with E-state index in [1.807, 2.05) is 6.08 Å². The number of nitrogens with zero attached hydrogens (tertiary/aromatic N) is 1. The Morgan fingerprint density at radius 3 is 2.53 bits per heavy atom. The zero-order chi connectivity index (χ0) is 10.7. The van der Waals surface area contributed by atoms with Crippen LogP contribution < -0.4 is 0 Å². The Morgan fingerprint density at radius 1 is 1.27 bits per heavy atom. The van der Waals surface area contributed by atoms with Crippen molar-refractivity contribution >= 4 is 6.21 Å². The molecule has 0 radical (unpaired) electrons. The number of aliphatic hydroxyl groups is 1. The van der Waals surface area contributed by atoms with Crippen molar-refractivity contribution in [2.45, 2.75) is 11.8 Å². The number of aliphatic imine (C=N–C) groups is 1. The molecule has 1 unspecified atom stereocenters. The molecule has 15 heavy (non-hydrogen) atoms. The molecule has 1 atom stereocenters. The molecule has 0 saturated carbocycles. The van der Waals surface area contributed by atoms with Gasteiger partial charge in [0, 0.05) is 19.0 Å². The molecular formula is C12H12FNO. The van der Waals surface area contributed by atoms with Crippen LogP contribution in [0.2, 0.25) is 0 Å². The Bertz CT molecular complexity index is 383. The van der Waals surface area contributed by atoms with Gasteiger partial charge in [0.25, 0.3) is 0 Å². The third kappa shape index (κ3) is 1.83. The van der Waals surface area contributed by atoms with Crippen molar-refractivity contribution in [3.63, 3.8) is 0 Å². The minimum Gasteiger partial charge on any atom is -0.396 e. The van der Waals surface area contributed by atoms with E-state index in [2.05, 4.69) is 4.99 Å². The summed E-state index contributed by atoms with van der Waals surface area (Å²) in [6, 6.07) is 6.31. The first-order valence-corrected chi connectivity index (χ1v) is 4.86. The van der Waals surface area contributed by atoms with E-state index in [0.717, 1.165) is 5.56 Å². The van der Waals surface area contributed by atoms with Crippen LogP contribution in [0.5, 0.6) is 0 Å². The summed E-state index contributed by atoms with van der Waals surface area (Å²) in [6.45, 7) is 0.0771. The number of hydrogen-bond acceptors (Lipinski definition) is 2. The summed E-state index contributed by atoms with van der Waals surface area (Å²) >= 11 is 0. The second-order valence-corrected chi connectivity index (χ2v) is 3.61. The summed E-state index contributed by atoms with van der Waals surface area (Å²) in [5.74, 6) is -0.253. The van der Waals surface area contributed by atoms with Gasteiger partial charge in [-0.25, -0.2) is 4.39 Å². The molecule has 3 heteroatoms. The average Bonchev–Trinajstić information content (AvgIpc) is 2.69. The maximum atomic E-state index is 12.8. The molecule has 1 aliphatic rings. The first-order chi connectivity index (χ1) is 7.27. The van der Waals surface area contributed by atoms with Gasteiger partial charge in [-0.05, 0) is 24.1 Å². The first-order valence-electron chi connectivity index (χ1n) is 4.86. The van der Waals surface area contributed by atoms with Gasteiger partial charge < -0.3 is 5.11 Å².